The van der Waals surface area contributed by atoms with Gasteiger partial charge < -0.3 is 9.13 Å². The maximum atomic E-state index is 13.1. The quantitative estimate of drug-likeness (QED) is 0.459. The molecule has 0 unspecified atom stereocenters. The van der Waals surface area contributed by atoms with Gasteiger partial charge in [0.05, 0.1) is 16.6 Å². The molecule has 0 atom stereocenters. The number of aromatic nitrogens is 2. The Hall–Kier alpha value is -3.14. The number of pyridine rings is 2. The van der Waals surface area contributed by atoms with Crippen molar-refractivity contribution in [3.05, 3.63) is 74.2 Å². The molecule has 4 aromatic rings. The minimum absolute atomic E-state index is 0.0105. The highest BCUT2D eigenvalue weighted by molar-refractivity contribution is 6.01. The van der Waals surface area contributed by atoms with Crippen molar-refractivity contribution in [3.63, 3.8) is 0 Å². The highest BCUT2D eigenvalue weighted by Crippen LogP contribution is 2.26. The van der Waals surface area contributed by atoms with Gasteiger partial charge in [-0.15, -0.1) is 0 Å². The van der Waals surface area contributed by atoms with Gasteiger partial charge in [-0.25, -0.2) is 0 Å². The summed E-state index contributed by atoms with van der Waals surface area (Å²) in [5, 5.41) is 2.03. The molecule has 0 aliphatic heterocycles. The van der Waals surface area contributed by atoms with E-state index in [1.807, 2.05) is 65.7 Å². The molecule has 26 heavy (non-hydrogen) atoms. The lowest BCUT2D eigenvalue weighted by Crippen LogP contribution is -2.20. The van der Waals surface area contributed by atoms with Crippen LogP contribution in [0, 0.1) is 0 Å². The molecule has 4 heteroatoms. The Labute approximate surface area is 149 Å². The Kier molecular flexibility index (Phi) is 3.02. The van der Waals surface area contributed by atoms with E-state index in [2.05, 4.69) is 6.08 Å². The molecule has 0 amide bonds. The summed E-state index contributed by atoms with van der Waals surface area (Å²) in [6.07, 6.45) is 5.77. The van der Waals surface area contributed by atoms with Gasteiger partial charge in [0.15, 0.2) is 10.9 Å². The second-order valence-corrected chi connectivity index (χ2v) is 6.98. The summed E-state index contributed by atoms with van der Waals surface area (Å²) >= 11 is 0. The molecule has 0 fully saturated rings. The molecule has 1 aliphatic carbocycles. The van der Waals surface area contributed by atoms with E-state index in [1.54, 1.807) is 0 Å². The van der Waals surface area contributed by atoms with Crippen LogP contribution in [-0.2, 0) is 20.5 Å². The van der Waals surface area contributed by atoms with Gasteiger partial charge in [-0.2, -0.15) is 0 Å². The number of hydrogen-bond donors (Lipinski definition) is 0. The fourth-order valence-electron chi connectivity index (χ4n) is 4.22. The largest absolute Gasteiger partial charge is 0.344 e. The van der Waals surface area contributed by atoms with Gasteiger partial charge in [0.1, 0.15) is 0 Å². The van der Waals surface area contributed by atoms with Crippen molar-refractivity contribution in [1.82, 2.24) is 9.13 Å². The lowest BCUT2D eigenvalue weighted by Gasteiger charge is -2.18. The van der Waals surface area contributed by atoms with Gasteiger partial charge in [0.25, 0.3) is 0 Å². The SMILES string of the molecule is Cn1c2c(c(=O)c3cc4c(cc31)c(=O)c1ccccc1n4C)CCC=C2. The van der Waals surface area contributed by atoms with E-state index in [4.69, 9.17) is 0 Å². The Balaban J connectivity index is 2.06. The number of hydrogen-bond acceptors (Lipinski definition) is 2. The fraction of sp³-hybridized carbons (Fsp3) is 0.182. The van der Waals surface area contributed by atoms with E-state index in [-0.39, 0.29) is 10.9 Å². The minimum Gasteiger partial charge on any atom is -0.344 e. The van der Waals surface area contributed by atoms with Gasteiger partial charge in [0.2, 0.25) is 0 Å². The van der Waals surface area contributed by atoms with E-state index >= 15 is 0 Å². The first-order valence-electron chi connectivity index (χ1n) is 8.81. The molecular formula is C22H18N2O2. The lowest BCUT2D eigenvalue weighted by atomic mass is 9.97. The molecule has 1 aliphatic rings. The maximum absolute atomic E-state index is 13.1. The van der Waals surface area contributed by atoms with E-state index in [0.717, 1.165) is 40.6 Å². The number of benzene rings is 2. The Morgan fingerprint density at radius 2 is 1.50 bits per heavy atom. The zero-order valence-corrected chi connectivity index (χ0v) is 14.7. The van der Waals surface area contributed by atoms with Crippen molar-refractivity contribution in [3.8, 4) is 0 Å². The van der Waals surface area contributed by atoms with Gasteiger partial charge in [-0.05, 0) is 43.2 Å². The van der Waals surface area contributed by atoms with Crippen molar-refractivity contribution < 1.29 is 0 Å². The van der Waals surface area contributed by atoms with Gasteiger partial charge in [-0.1, -0.05) is 18.2 Å². The van der Waals surface area contributed by atoms with Crippen LogP contribution in [0.5, 0.6) is 0 Å². The van der Waals surface area contributed by atoms with Crippen molar-refractivity contribution in [1.29, 1.82) is 0 Å². The van der Waals surface area contributed by atoms with Crippen molar-refractivity contribution in [2.75, 3.05) is 0 Å². The highest BCUT2D eigenvalue weighted by atomic mass is 16.1. The predicted molar refractivity (Wildman–Crippen MR) is 107 cm³/mol. The molecule has 0 saturated heterocycles. The normalized spacial score (nSPS) is 13.6. The third-order valence-corrected chi connectivity index (χ3v) is 5.62. The number of allylic oxidation sites excluding steroid dienone is 1. The number of aryl methyl sites for hydroxylation is 2. The van der Waals surface area contributed by atoms with E-state index in [0.29, 0.717) is 16.2 Å². The van der Waals surface area contributed by atoms with Crippen LogP contribution in [0.2, 0.25) is 0 Å². The minimum atomic E-state index is 0.0105. The molecule has 0 bridgehead atoms. The summed E-state index contributed by atoms with van der Waals surface area (Å²) in [5.41, 5.74) is 4.39. The molecule has 0 N–H and O–H groups in total. The van der Waals surface area contributed by atoms with Crippen LogP contribution in [0.3, 0.4) is 0 Å². The summed E-state index contributed by atoms with van der Waals surface area (Å²) in [5.74, 6) is 0. The number of para-hydroxylation sites is 1. The van der Waals surface area contributed by atoms with Crippen LogP contribution in [0.4, 0.5) is 0 Å². The first kappa shape index (κ1) is 15.1. The summed E-state index contributed by atoms with van der Waals surface area (Å²) in [4.78, 5) is 26.1. The molecular weight excluding hydrogens is 324 g/mol. The Bertz CT molecular complexity index is 1390. The standard InChI is InChI=1S/C22H18N2O2/c1-23-17-9-5-3-7-13(17)21(25)15-12-20-16(11-19(15)23)22(26)14-8-4-6-10-18(14)24(20)2/h3,5-7,9-12H,4,8H2,1-2H3. The van der Waals surface area contributed by atoms with Gasteiger partial charge >= 0.3 is 0 Å². The maximum Gasteiger partial charge on any atom is 0.197 e. The lowest BCUT2D eigenvalue weighted by molar-refractivity contribution is 0.870. The van der Waals surface area contributed by atoms with Crippen LogP contribution < -0.4 is 10.9 Å². The first-order valence-corrected chi connectivity index (χ1v) is 8.81. The summed E-state index contributed by atoms with van der Waals surface area (Å²) < 4.78 is 4.04. The highest BCUT2D eigenvalue weighted by Gasteiger charge is 2.18. The number of fused-ring (bicyclic) bond motifs is 4. The predicted octanol–water partition coefficient (Wildman–Crippen LogP) is 3.50. The van der Waals surface area contributed by atoms with Crippen LogP contribution in [0.15, 0.2) is 52.1 Å². The third kappa shape index (κ3) is 1.84. The molecule has 0 saturated carbocycles. The van der Waals surface area contributed by atoms with Gasteiger partial charge in [0, 0.05) is 41.5 Å². The second-order valence-electron chi connectivity index (χ2n) is 6.98. The molecule has 2 heterocycles. The van der Waals surface area contributed by atoms with E-state index < -0.39 is 0 Å². The Morgan fingerprint density at radius 3 is 2.31 bits per heavy atom. The van der Waals surface area contributed by atoms with Crippen molar-refractivity contribution >= 4 is 38.8 Å². The summed E-state index contributed by atoms with van der Waals surface area (Å²) in [7, 11) is 3.91. The molecule has 128 valence electrons. The molecule has 2 aromatic heterocycles. The first-order chi connectivity index (χ1) is 12.6. The van der Waals surface area contributed by atoms with Crippen LogP contribution >= 0.6 is 0 Å². The number of rotatable bonds is 0. The Morgan fingerprint density at radius 1 is 0.808 bits per heavy atom. The molecule has 2 aromatic carbocycles. The zero-order chi connectivity index (χ0) is 18.0. The average molecular weight is 342 g/mol. The summed E-state index contributed by atoms with van der Waals surface area (Å²) in [6, 6.07) is 11.4. The van der Waals surface area contributed by atoms with Crippen LogP contribution in [0.1, 0.15) is 17.7 Å². The molecule has 4 nitrogen and oxygen atoms in total. The topological polar surface area (TPSA) is 44.0 Å². The van der Waals surface area contributed by atoms with Crippen molar-refractivity contribution in [2.45, 2.75) is 12.8 Å². The fourth-order valence-corrected chi connectivity index (χ4v) is 4.22. The summed E-state index contributed by atoms with van der Waals surface area (Å²) in [6.45, 7) is 0. The smallest absolute Gasteiger partial charge is 0.197 e. The molecule has 5 rings (SSSR count). The third-order valence-electron chi connectivity index (χ3n) is 5.62. The number of nitrogens with zero attached hydrogens (tertiary/aromatic N) is 2. The van der Waals surface area contributed by atoms with Crippen LogP contribution in [-0.4, -0.2) is 9.13 Å². The van der Waals surface area contributed by atoms with Crippen LogP contribution in [0.25, 0.3) is 38.8 Å². The monoisotopic (exact) mass is 342 g/mol. The molecule has 0 radical (unpaired) electrons. The molecule has 0 spiro atoms. The van der Waals surface area contributed by atoms with Crippen molar-refractivity contribution in [2.24, 2.45) is 14.1 Å². The average Bonchev–Trinajstić information content (AvgIpc) is 2.69. The van der Waals surface area contributed by atoms with Gasteiger partial charge in [-0.3, -0.25) is 9.59 Å². The van der Waals surface area contributed by atoms with E-state index in [1.165, 1.54) is 0 Å². The van der Waals surface area contributed by atoms with E-state index in [9.17, 15) is 9.59 Å². The second kappa shape index (κ2) is 5.18. The zero-order valence-electron chi connectivity index (χ0n) is 14.7.